The number of nitrogens with zero attached hydrogens (tertiary/aromatic N) is 1. The Morgan fingerprint density at radius 3 is 1.41 bits per heavy atom. The third-order valence-electron chi connectivity index (χ3n) is 11.9. The molecule has 68 heavy (non-hydrogen) atoms. The van der Waals surface area contributed by atoms with Crippen LogP contribution in [0.3, 0.4) is 0 Å². The van der Waals surface area contributed by atoms with Crippen LogP contribution in [-0.4, -0.2) is 74.3 Å². The lowest BCUT2D eigenvalue weighted by atomic mass is 10.0. The Kier molecular flexibility index (Phi) is 46.3. The molecule has 0 bridgehead atoms. The fraction of sp³-hybridized carbons (Fsp3) is 0.759. The van der Waals surface area contributed by atoms with Crippen molar-refractivity contribution in [2.75, 3.05) is 40.9 Å². The van der Waals surface area contributed by atoms with E-state index >= 15 is 0 Å². The summed E-state index contributed by atoms with van der Waals surface area (Å²) in [5.74, 6) is -0.601. The molecular weight excluding hydrogens is 868 g/mol. The molecule has 0 rings (SSSR count). The number of nitrogens with one attached hydrogen (secondary N) is 1. The Morgan fingerprint density at radius 1 is 0.529 bits per heavy atom. The van der Waals surface area contributed by atoms with Crippen LogP contribution < -0.4 is 5.32 Å². The van der Waals surface area contributed by atoms with Gasteiger partial charge in [0.15, 0.2) is 0 Å². The monoisotopic (exact) mass is 974 g/mol. The van der Waals surface area contributed by atoms with Crippen molar-refractivity contribution in [1.82, 2.24) is 5.32 Å². The maximum absolute atomic E-state index is 13.4. The Bertz CT molecular complexity index is 1400. The molecule has 0 aliphatic rings. The summed E-state index contributed by atoms with van der Waals surface area (Å²) in [5, 5.41) is 2.99. The number of hydrogen-bond donors (Lipinski definition) is 2. The fourth-order valence-corrected chi connectivity index (χ4v) is 8.37. The number of unbranched alkanes of at least 4 members (excludes halogenated alkanes) is 23. The average Bonchev–Trinajstić information content (AvgIpc) is 3.29. The van der Waals surface area contributed by atoms with E-state index in [1.165, 1.54) is 122 Å². The maximum Gasteiger partial charge on any atom is 0.472 e. The normalized spacial score (nSPS) is 14.4. The van der Waals surface area contributed by atoms with E-state index in [0.717, 1.165) is 70.6 Å². The van der Waals surface area contributed by atoms with Crippen molar-refractivity contribution in [3.8, 4) is 0 Å². The van der Waals surface area contributed by atoms with Gasteiger partial charge in [0.1, 0.15) is 19.3 Å². The van der Waals surface area contributed by atoms with Gasteiger partial charge in [-0.2, -0.15) is 0 Å². The van der Waals surface area contributed by atoms with E-state index in [0.29, 0.717) is 17.4 Å². The number of allylic oxidation sites excluding steroid dienone is 11. The molecule has 0 spiro atoms. The van der Waals surface area contributed by atoms with Crippen molar-refractivity contribution in [1.29, 1.82) is 0 Å². The highest BCUT2D eigenvalue weighted by Gasteiger charge is 2.30. The first kappa shape index (κ1) is 65.5. The molecule has 0 saturated carbocycles. The first-order chi connectivity index (χ1) is 32.9. The Morgan fingerprint density at radius 2 is 0.956 bits per heavy atom. The number of esters is 1. The van der Waals surface area contributed by atoms with Gasteiger partial charge < -0.3 is 19.4 Å². The molecule has 0 aliphatic carbocycles. The van der Waals surface area contributed by atoms with Crippen LogP contribution in [0.2, 0.25) is 0 Å². The number of likely N-dealkylation sites (N-methyl/N-ethyl adjacent to an activating group) is 1. The molecule has 0 aromatic heterocycles. The highest BCUT2D eigenvalue weighted by Crippen LogP contribution is 2.43. The van der Waals surface area contributed by atoms with Gasteiger partial charge in [-0.25, -0.2) is 4.57 Å². The van der Waals surface area contributed by atoms with Crippen molar-refractivity contribution >= 4 is 19.7 Å². The van der Waals surface area contributed by atoms with Crippen LogP contribution in [0.1, 0.15) is 233 Å². The van der Waals surface area contributed by atoms with Crippen LogP contribution in [0, 0.1) is 0 Å². The lowest BCUT2D eigenvalue weighted by Gasteiger charge is -2.27. The van der Waals surface area contributed by atoms with Crippen molar-refractivity contribution in [2.24, 2.45) is 0 Å². The summed E-state index contributed by atoms with van der Waals surface area (Å²) in [5.41, 5.74) is 0. The van der Waals surface area contributed by atoms with Gasteiger partial charge in [0, 0.05) is 12.8 Å². The third-order valence-corrected chi connectivity index (χ3v) is 12.9. The fourth-order valence-electron chi connectivity index (χ4n) is 7.63. The predicted octanol–water partition coefficient (Wildman–Crippen LogP) is 16.5. The number of rotatable bonds is 49. The molecule has 3 atom stereocenters. The Hall–Kier alpha value is -2.55. The van der Waals surface area contributed by atoms with Crippen LogP contribution in [0.4, 0.5) is 0 Å². The molecule has 10 heteroatoms. The molecule has 394 valence electrons. The molecule has 3 unspecified atom stereocenters. The topological polar surface area (TPSA) is 111 Å². The largest absolute Gasteiger partial charge is 0.472 e. The van der Waals surface area contributed by atoms with Crippen molar-refractivity contribution < 1.29 is 37.3 Å². The molecule has 1 amide bonds. The van der Waals surface area contributed by atoms with Crippen LogP contribution >= 0.6 is 7.82 Å². The van der Waals surface area contributed by atoms with Crippen molar-refractivity contribution in [2.45, 2.75) is 245 Å². The number of carbonyl (C=O) groups is 2. The van der Waals surface area contributed by atoms with E-state index < -0.39 is 20.0 Å². The van der Waals surface area contributed by atoms with Crippen LogP contribution in [-0.2, 0) is 27.9 Å². The minimum atomic E-state index is -4.46. The van der Waals surface area contributed by atoms with Gasteiger partial charge in [-0.3, -0.25) is 18.6 Å². The molecule has 0 saturated heterocycles. The standard InChI is InChI=1S/C58H105N2O7P/c1-7-10-13-16-19-22-25-28-30-31-32-35-38-41-44-47-50-57(61)59-55(54-66-68(63,64)65-53-52-60(4,5)6)56(49-46-43-40-37-34-27-24-21-18-15-12-9-3)67-58(62)51-48-45-42-39-36-33-29-26-23-20-17-14-11-8-2/h10,13,19,22,28,30,32,35,41,44,46,49,55-56H,7-9,11-12,14-18,20-21,23-27,29,31,33-34,36-40,42-43,45,47-48,50-54H2,1-6H3,(H-,59,61,63,64)/p+1/b13-10+,22-19+,30-28+,35-32+,44-41+,49-46+. The van der Waals surface area contributed by atoms with Gasteiger partial charge in [-0.05, 0) is 63.9 Å². The summed E-state index contributed by atoms with van der Waals surface area (Å²) in [4.78, 5) is 37.5. The summed E-state index contributed by atoms with van der Waals surface area (Å²) in [6.07, 6.45) is 60.5. The smallest absolute Gasteiger partial charge is 0.456 e. The second kappa shape index (κ2) is 48.1. The first-order valence-electron chi connectivity index (χ1n) is 27.8. The van der Waals surface area contributed by atoms with Crippen molar-refractivity contribution in [3.63, 3.8) is 0 Å². The highest BCUT2D eigenvalue weighted by atomic mass is 31.2. The summed E-state index contributed by atoms with van der Waals surface area (Å²) in [6.45, 7) is 6.83. The van der Waals surface area contributed by atoms with Crippen molar-refractivity contribution in [3.05, 3.63) is 72.9 Å². The molecular formula is C58H106N2O7P+. The third kappa shape index (κ3) is 48.5. The predicted molar refractivity (Wildman–Crippen MR) is 291 cm³/mol. The Balaban J connectivity index is 5.49. The summed E-state index contributed by atoms with van der Waals surface area (Å²) in [6, 6.07) is -0.887. The average molecular weight is 974 g/mol. The van der Waals surface area contributed by atoms with E-state index in [4.69, 9.17) is 13.8 Å². The second-order valence-electron chi connectivity index (χ2n) is 19.7. The molecule has 2 N–H and O–H groups in total. The molecule has 0 radical (unpaired) electrons. The molecule has 0 aromatic rings. The zero-order valence-corrected chi connectivity index (χ0v) is 45.7. The molecule has 9 nitrogen and oxygen atoms in total. The molecule has 0 aliphatic heterocycles. The second-order valence-corrected chi connectivity index (χ2v) is 21.2. The van der Waals surface area contributed by atoms with Gasteiger partial charge in [0.05, 0.1) is 33.8 Å². The number of phosphoric ester groups is 1. The van der Waals surface area contributed by atoms with Crippen LogP contribution in [0.15, 0.2) is 72.9 Å². The number of quaternary nitrogens is 1. The minimum absolute atomic E-state index is 0.0257. The summed E-state index contributed by atoms with van der Waals surface area (Å²) < 4.78 is 30.5. The highest BCUT2D eigenvalue weighted by molar-refractivity contribution is 7.47. The van der Waals surface area contributed by atoms with Gasteiger partial charge in [0.25, 0.3) is 0 Å². The van der Waals surface area contributed by atoms with E-state index in [2.05, 4.69) is 80.8 Å². The van der Waals surface area contributed by atoms with E-state index in [9.17, 15) is 19.0 Å². The van der Waals surface area contributed by atoms with Gasteiger partial charge in [0.2, 0.25) is 5.91 Å². The zero-order chi connectivity index (χ0) is 50.1. The maximum atomic E-state index is 13.4. The Labute approximate surface area is 419 Å². The molecule has 0 heterocycles. The quantitative estimate of drug-likeness (QED) is 0.0205. The van der Waals surface area contributed by atoms with E-state index in [1.807, 2.05) is 39.4 Å². The number of hydrogen-bond acceptors (Lipinski definition) is 6. The number of carbonyl (C=O) groups excluding carboxylic acids is 2. The zero-order valence-electron chi connectivity index (χ0n) is 44.8. The van der Waals surface area contributed by atoms with Crippen LogP contribution in [0.5, 0.6) is 0 Å². The first-order valence-corrected chi connectivity index (χ1v) is 29.3. The SMILES string of the molecule is CC/C=C/C/C=C/C/C=C/C/C=C/C/C=C/CCC(=O)NC(COP(=O)(O)OCC[N+](C)(C)C)C(/C=C/CCCCCCCCCCCC)OC(=O)CCCCCCCCCCCCCCCC. The van der Waals surface area contributed by atoms with E-state index in [-0.39, 0.29) is 37.9 Å². The number of amides is 1. The molecule has 0 aromatic carbocycles. The van der Waals surface area contributed by atoms with Crippen LogP contribution in [0.25, 0.3) is 0 Å². The van der Waals surface area contributed by atoms with Gasteiger partial charge in [-0.1, -0.05) is 229 Å². The minimum Gasteiger partial charge on any atom is -0.456 e. The molecule has 0 fully saturated rings. The van der Waals surface area contributed by atoms with E-state index in [1.54, 1.807) is 0 Å². The lowest BCUT2D eigenvalue weighted by Crippen LogP contribution is -2.47. The summed E-state index contributed by atoms with van der Waals surface area (Å²) in [7, 11) is 1.45. The number of phosphoric acid groups is 1. The lowest BCUT2D eigenvalue weighted by molar-refractivity contribution is -0.870. The number of ether oxygens (including phenoxy) is 1. The van der Waals surface area contributed by atoms with Gasteiger partial charge in [-0.15, -0.1) is 0 Å². The summed E-state index contributed by atoms with van der Waals surface area (Å²) >= 11 is 0. The van der Waals surface area contributed by atoms with Gasteiger partial charge >= 0.3 is 13.8 Å².